The van der Waals surface area contributed by atoms with E-state index in [2.05, 4.69) is 6.58 Å². The summed E-state index contributed by atoms with van der Waals surface area (Å²) in [7, 11) is 1.64. The number of benzene rings is 1. The van der Waals surface area contributed by atoms with E-state index >= 15 is 0 Å². The third-order valence-electron chi connectivity index (χ3n) is 3.92. The van der Waals surface area contributed by atoms with Gasteiger partial charge in [-0.25, -0.2) is 4.79 Å². The minimum atomic E-state index is -0.710. The van der Waals surface area contributed by atoms with Gasteiger partial charge in [0.1, 0.15) is 5.75 Å². The first-order valence-corrected chi connectivity index (χ1v) is 6.37. The van der Waals surface area contributed by atoms with Crippen molar-refractivity contribution in [1.82, 2.24) is 0 Å². The Morgan fingerprint density at radius 1 is 1.58 bits per heavy atom. The lowest BCUT2D eigenvalue weighted by Crippen LogP contribution is -2.41. The zero-order chi connectivity index (χ0) is 13.5. The molecule has 4 heteroatoms. The maximum Gasteiger partial charge on any atom is 0.509 e. The predicted octanol–water partition coefficient (Wildman–Crippen LogP) is 2.95. The first-order chi connectivity index (χ1) is 9.19. The molecule has 0 N–H and O–H groups in total. The Morgan fingerprint density at radius 3 is 3.16 bits per heavy atom. The number of methoxy groups -OCH3 is 1. The SMILES string of the molecule is C=CC[C@]12OC(=O)O[C@@H]1CCc1cc(OC)ccc12. The molecule has 1 aliphatic carbocycles. The maximum atomic E-state index is 11.5. The van der Waals surface area contributed by atoms with Crippen LogP contribution in [0.25, 0.3) is 0 Å². The third kappa shape index (κ3) is 1.70. The molecule has 1 heterocycles. The third-order valence-corrected chi connectivity index (χ3v) is 3.92. The molecule has 0 radical (unpaired) electrons. The second-order valence-corrected chi connectivity index (χ2v) is 4.90. The van der Waals surface area contributed by atoms with E-state index in [1.54, 1.807) is 13.2 Å². The van der Waals surface area contributed by atoms with Crippen molar-refractivity contribution < 1.29 is 19.0 Å². The van der Waals surface area contributed by atoms with Gasteiger partial charge in [-0.15, -0.1) is 6.58 Å². The smallest absolute Gasteiger partial charge is 0.497 e. The molecule has 0 saturated carbocycles. The molecule has 1 fully saturated rings. The van der Waals surface area contributed by atoms with Gasteiger partial charge in [-0.1, -0.05) is 12.1 Å². The number of carbonyl (C=O) groups excluding carboxylic acids is 1. The molecule has 1 aromatic carbocycles. The van der Waals surface area contributed by atoms with Gasteiger partial charge in [-0.3, -0.25) is 0 Å². The van der Waals surface area contributed by atoms with Crippen molar-refractivity contribution in [2.75, 3.05) is 7.11 Å². The van der Waals surface area contributed by atoms with Gasteiger partial charge in [0.15, 0.2) is 11.7 Å². The van der Waals surface area contributed by atoms with Crippen LogP contribution in [0.3, 0.4) is 0 Å². The fourth-order valence-corrected chi connectivity index (χ4v) is 3.07. The summed E-state index contributed by atoms with van der Waals surface area (Å²) in [4.78, 5) is 11.5. The molecule has 0 amide bonds. The van der Waals surface area contributed by atoms with Crippen molar-refractivity contribution in [3.63, 3.8) is 0 Å². The molecule has 0 unspecified atom stereocenters. The van der Waals surface area contributed by atoms with Crippen LogP contribution in [0.15, 0.2) is 30.9 Å². The number of ether oxygens (including phenoxy) is 3. The van der Waals surface area contributed by atoms with E-state index < -0.39 is 11.8 Å². The summed E-state index contributed by atoms with van der Waals surface area (Å²) in [6.07, 6.45) is 3.14. The van der Waals surface area contributed by atoms with Crippen LogP contribution in [0.1, 0.15) is 24.0 Å². The number of carbonyl (C=O) groups is 1. The quantitative estimate of drug-likeness (QED) is 0.619. The highest BCUT2D eigenvalue weighted by atomic mass is 16.8. The lowest BCUT2D eigenvalue weighted by atomic mass is 9.75. The van der Waals surface area contributed by atoms with Crippen molar-refractivity contribution in [1.29, 1.82) is 0 Å². The van der Waals surface area contributed by atoms with Crippen LogP contribution < -0.4 is 4.74 Å². The normalized spacial score (nSPS) is 27.8. The topological polar surface area (TPSA) is 44.8 Å². The van der Waals surface area contributed by atoms with E-state index in [0.717, 1.165) is 29.7 Å². The Kier molecular flexibility index (Phi) is 2.73. The zero-order valence-corrected chi connectivity index (χ0v) is 10.8. The lowest BCUT2D eigenvalue weighted by molar-refractivity contribution is 0.0162. The van der Waals surface area contributed by atoms with Crippen molar-refractivity contribution >= 4 is 6.16 Å². The summed E-state index contributed by atoms with van der Waals surface area (Å²) in [5.74, 6) is 0.816. The number of fused-ring (bicyclic) bond motifs is 3. The standard InChI is InChI=1S/C15H16O4/c1-3-8-15-12-6-5-11(17-2)9-10(12)4-7-13(15)18-14(16)19-15/h3,5-6,9,13H,1,4,7-8H2,2H3/t13-,15-/m1/s1. The fourth-order valence-electron chi connectivity index (χ4n) is 3.07. The van der Waals surface area contributed by atoms with Crippen LogP contribution in [0, 0.1) is 0 Å². The zero-order valence-electron chi connectivity index (χ0n) is 10.8. The van der Waals surface area contributed by atoms with Gasteiger partial charge in [0.05, 0.1) is 7.11 Å². The molecule has 1 aromatic rings. The Bertz CT molecular complexity index is 537. The van der Waals surface area contributed by atoms with Gasteiger partial charge in [0.2, 0.25) is 0 Å². The van der Waals surface area contributed by atoms with Gasteiger partial charge in [-0.2, -0.15) is 0 Å². The first-order valence-electron chi connectivity index (χ1n) is 6.37. The Morgan fingerprint density at radius 2 is 2.42 bits per heavy atom. The average molecular weight is 260 g/mol. The molecule has 0 bridgehead atoms. The molecule has 1 aliphatic heterocycles. The fraction of sp³-hybridized carbons (Fsp3) is 0.400. The Labute approximate surface area is 112 Å². The Hall–Kier alpha value is -1.97. The minimum absolute atomic E-state index is 0.223. The predicted molar refractivity (Wildman–Crippen MR) is 69.2 cm³/mol. The van der Waals surface area contributed by atoms with Gasteiger partial charge in [0.25, 0.3) is 0 Å². The highest BCUT2D eigenvalue weighted by Crippen LogP contribution is 2.47. The van der Waals surface area contributed by atoms with Crippen molar-refractivity contribution in [3.05, 3.63) is 42.0 Å². The van der Waals surface area contributed by atoms with Gasteiger partial charge >= 0.3 is 6.16 Å². The molecule has 1 saturated heterocycles. The second kappa shape index (κ2) is 4.30. The first kappa shape index (κ1) is 12.1. The highest BCUT2D eigenvalue weighted by Gasteiger charge is 2.54. The van der Waals surface area contributed by atoms with Crippen LogP contribution in [0.4, 0.5) is 4.79 Å². The van der Waals surface area contributed by atoms with Crippen LogP contribution in [0.2, 0.25) is 0 Å². The molecule has 100 valence electrons. The molecule has 0 aromatic heterocycles. The maximum absolute atomic E-state index is 11.5. The van der Waals surface area contributed by atoms with Gasteiger partial charge in [0, 0.05) is 12.0 Å². The van der Waals surface area contributed by atoms with Crippen LogP contribution in [-0.2, 0) is 21.5 Å². The van der Waals surface area contributed by atoms with E-state index in [1.165, 1.54) is 0 Å². The molecule has 0 spiro atoms. The highest BCUT2D eigenvalue weighted by molar-refractivity contribution is 5.65. The number of rotatable bonds is 3. The molecular weight excluding hydrogens is 244 g/mol. The van der Waals surface area contributed by atoms with Crippen LogP contribution in [-0.4, -0.2) is 19.4 Å². The molecule has 4 nitrogen and oxygen atoms in total. The van der Waals surface area contributed by atoms with E-state index in [0.29, 0.717) is 6.42 Å². The van der Waals surface area contributed by atoms with E-state index in [1.807, 2.05) is 18.2 Å². The lowest BCUT2D eigenvalue weighted by Gasteiger charge is -2.36. The molecule has 2 atom stereocenters. The van der Waals surface area contributed by atoms with Crippen molar-refractivity contribution in [3.8, 4) is 5.75 Å². The summed E-state index contributed by atoms with van der Waals surface area (Å²) in [5.41, 5.74) is 1.45. The van der Waals surface area contributed by atoms with E-state index in [9.17, 15) is 4.79 Å². The van der Waals surface area contributed by atoms with Crippen molar-refractivity contribution in [2.24, 2.45) is 0 Å². The summed E-state index contributed by atoms with van der Waals surface area (Å²) < 4.78 is 16.1. The van der Waals surface area contributed by atoms with E-state index in [-0.39, 0.29) is 6.10 Å². The summed E-state index contributed by atoms with van der Waals surface area (Å²) in [6, 6.07) is 5.85. The second-order valence-electron chi connectivity index (χ2n) is 4.90. The number of hydrogen-bond acceptors (Lipinski definition) is 4. The van der Waals surface area contributed by atoms with Gasteiger partial charge < -0.3 is 14.2 Å². The number of hydrogen-bond donors (Lipinski definition) is 0. The molecule has 3 rings (SSSR count). The average Bonchev–Trinajstić information content (AvgIpc) is 2.74. The summed E-state index contributed by atoms with van der Waals surface area (Å²) in [5, 5.41) is 0. The summed E-state index contributed by atoms with van der Waals surface area (Å²) >= 11 is 0. The molecular formula is C15H16O4. The minimum Gasteiger partial charge on any atom is -0.497 e. The monoisotopic (exact) mass is 260 g/mol. The van der Waals surface area contributed by atoms with E-state index in [4.69, 9.17) is 14.2 Å². The number of aryl methyl sites for hydroxylation is 1. The van der Waals surface area contributed by atoms with Crippen LogP contribution >= 0.6 is 0 Å². The summed E-state index contributed by atoms with van der Waals surface area (Å²) in [6.45, 7) is 3.77. The largest absolute Gasteiger partial charge is 0.509 e. The van der Waals surface area contributed by atoms with Gasteiger partial charge in [-0.05, 0) is 30.5 Å². The molecule has 19 heavy (non-hydrogen) atoms. The molecule has 2 aliphatic rings. The van der Waals surface area contributed by atoms with Crippen molar-refractivity contribution in [2.45, 2.75) is 31.0 Å². The van der Waals surface area contributed by atoms with Crippen LogP contribution in [0.5, 0.6) is 5.75 Å². The Balaban J connectivity index is 2.12.